The number of hydrogen-bond donors (Lipinski definition) is 2. The van der Waals surface area contributed by atoms with Crippen LogP contribution in [0.15, 0.2) is 48.5 Å². The van der Waals surface area contributed by atoms with Gasteiger partial charge in [-0.2, -0.15) is 0 Å². The zero-order valence-corrected chi connectivity index (χ0v) is 14.1. The van der Waals surface area contributed by atoms with E-state index in [-0.39, 0.29) is 17.5 Å². The Balaban J connectivity index is 1.67. The number of nitrogens with zero attached hydrogens (tertiary/aromatic N) is 1. The molecule has 0 saturated heterocycles. The lowest BCUT2D eigenvalue weighted by atomic mass is 10.0. The summed E-state index contributed by atoms with van der Waals surface area (Å²) in [5.41, 5.74) is 1.85. The van der Waals surface area contributed by atoms with Crippen molar-refractivity contribution >= 4 is 17.3 Å². The van der Waals surface area contributed by atoms with Crippen LogP contribution in [0.5, 0.6) is 0 Å². The summed E-state index contributed by atoms with van der Waals surface area (Å²) in [5, 5.41) is 17.3. The average molecular weight is 339 g/mol. The molecule has 0 bridgehead atoms. The Labute approximate surface area is 146 Å². The highest BCUT2D eigenvalue weighted by Crippen LogP contribution is 2.31. The number of benzene rings is 2. The first-order valence-electron chi connectivity index (χ1n) is 8.42. The van der Waals surface area contributed by atoms with Crippen molar-refractivity contribution in [3.8, 4) is 0 Å². The Bertz CT molecular complexity index is 773. The molecule has 0 spiro atoms. The second-order valence-corrected chi connectivity index (χ2v) is 6.43. The monoisotopic (exact) mass is 339 g/mol. The van der Waals surface area contributed by atoms with Gasteiger partial charge >= 0.3 is 0 Å². The number of hydrogen-bond acceptors (Lipinski definition) is 4. The van der Waals surface area contributed by atoms with Gasteiger partial charge in [-0.3, -0.25) is 14.9 Å². The fraction of sp³-hybridized carbons (Fsp3) is 0.316. The van der Waals surface area contributed by atoms with E-state index in [1.165, 1.54) is 6.07 Å². The second-order valence-electron chi connectivity index (χ2n) is 6.43. The van der Waals surface area contributed by atoms with E-state index >= 15 is 0 Å². The standard InChI is InChI=1S/C19H21N3O3/c1-13(14-5-3-2-4-6-14)12-20-19(23)15-7-10-17(21-16-8-9-16)18(11-15)22(24)25/h2-7,10-11,13,16,21H,8-9,12H2,1H3,(H,20,23)/t13-/m0/s1. The lowest BCUT2D eigenvalue weighted by Crippen LogP contribution is -2.27. The zero-order valence-electron chi connectivity index (χ0n) is 14.1. The molecule has 6 nitrogen and oxygen atoms in total. The summed E-state index contributed by atoms with van der Waals surface area (Å²) >= 11 is 0. The molecule has 1 saturated carbocycles. The normalized spacial score (nSPS) is 14.6. The molecule has 1 aliphatic rings. The number of nitrogens with one attached hydrogen (secondary N) is 2. The van der Waals surface area contributed by atoms with Crippen molar-refractivity contribution < 1.29 is 9.72 Å². The minimum Gasteiger partial charge on any atom is -0.377 e. The second kappa shape index (κ2) is 7.34. The van der Waals surface area contributed by atoms with Gasteiger partial charge in [0, 0.05) is 24.2 Å². The third-order valence-electron chi connectivity index (χ3n) is 4.33. The molecule has 1 aliphatic carbocycles. The zero-order chi connectivity index (χ0) is 17.8. The largest absolute Gasteiger partial charge is 0.377 e. The molecule has 25 heavy (non-hydrogen) atoms. The third kappa shape index (κ3) is 4.35. The maximum atomic E-state index is 12.3. The number of carbonyl (C=O) groups excluding carboxylic acids is 1. The number of anilines is 1. The van der Waals surface area contributed by atoms with Gasteiger partial charge in [0.1, 0.15) is 5.69 Å². The van der Waals surface area contributed by atoms with Gasteiger partial charge in [0.2, 0.25) is 0 Å². The Hall–Kier alpha value is -2.89. The molecular weight excluding hydrogens is 318 g/mol. The lowest BCUT2D eigenvalue weighted by molar-refractivity contribution is -0.384. The molecule has 0 heterocycles. The summed E-state index contributed by atoms with van der Waals surface area (Å²) in [4.78, 5) is 23.2. The Morgan fingerprint density at radius 1 is 1.24 bits per heavy atom. The summed E-state index contributed by atoms with van der Waals surface area (Å²) in [6, 6.07) is 14.8. The molecule has 0 aromatic heterocycles. The molecular formula is C19H21N3O3. The van der Waals surface area contributed by atoms with Gasteiger partial charge in [-0.15, -0.1) is 0 Å². The Morgan fingerprint density at radius 3 is 2.60 bits per heavy atom. The van der Waals surface area contributed by atoms with Crippen molar-refractivity contribution in [2.75, 3.05) is 11.9 Å². The maximum Gasteiger partial charge on any atom is 0.293 e. The van der Waals surface area contributed by atoms with Gasteiger partial charge in [0.15, 0.2) is 0 Å². The van der Waals surface area contributed by atoms with Gasteiger partial charge < -0.3 is 10.6 Å². The Kier molecular flexibility index (Phi) is 4.97. The lowest BCUT2D eigenvalue weighted by Gasteiger charge is -2.13. The van der Waals surface area contributed by atoms with Crippen LogP contribution in [0.25, 0.3) is 0 Å². The summed E-state index contributed by atoms with van der Waals surface area (Å²) < 4.78 is 0. The van der Waals surface area contributed by atoms with Gasteiger partial charge in [-0.1, -0.05) is 37.3 Å². The number of amides is 1. The molecule has 0 unspecified atom stereocenters. The highest BCUT2D eigenvalue weighted by molar-refractivity contribution is 5.95. The van der Waals surface area contributed by atoms with Crippen molar-refractivity contribution in [2.24, 2.45) is 0 Å². The molecule has 2 aromatic rings. The van der Waals surface area contributed by atoms with Crippen molar-refractivity contribution in [3.63, 3.8) is 0 Å². The summed E-state index contributed by atoms with van der Waals surface area (Å²) in [6.45, 7) is 2.50. The summed E-state index contributed by atoms with van der Waals surface area (Å²) in [5.74, 6) is -0.139. The van der Waals surface area contributed by atoms with E-state index in [0.717, 1.165) is 18.4 Å². The van der Waals surface area contributed by atoms with Crippen molar-refractivity contribution in [1.29, 1.82) is 0 Å². The van der Waals surface area contributed by atoms with Gasteiger partial charge in [0.05, 0.1) is 4.92 Å². The fourth-order valence-corrected chi connectivity index (χ4v) is 2.64. The predicted octanol–water partition coefficient (Wildman–Crippen LogP) is 3.70. The van der Waals surface area contributed by atoms with E-state index in [0.29, 0.717) is 23.8 Å². The van der Waals surface area contributed by atoms with Crippen LogP contribution in [0.3, 0.4) is 0 Å². The van der Waals surface area contributed by atoms with Gasteiger partial charge in [0.25, 0.3) is 11.6 Å². The maximum absolute atomic E-state index is 12.3. The van der Waals surface area contributed by atoms with Crippen LogP contribution in [-0.4, -0.2) is 23.4 Å². The summed E-state index contributed by atoms with van der Waals surface area (Å²) in [7, 11) is 0. The average Bonchev–Trinajstić information content (AvgIpc) is 3.44. The number of rotatable bonds is 7. The van der Waals surface area contributed by atoms with Crippen LogP contribution in [0.2, 0.25) is 0 Å². The van der Waals surface area contributed by atoms with Crippen molar-refractivity contribution in [2.45, 2.75) is 31.7 Å². The number of nitro groups is 1. The number of nitro benzene ring substituents is 1. The minimum atomic E-state index is -0.450. The smallest absolute Gasteiger partial charge is 0.293 e. The van der Waals surface area contributed by atoms with E-state index < -0.39 is 4.92 Å². The van der Waals surface area contributed by atoms with Crippen LogP contribution in [-0.2, 0) is 0 Å². The molecule has 2 aromatic carbocycles. The third-order valence-corrected chi connectivity index (χ3v) is 4.33. The molecule has 1 fully saturated rings. The molecule has 0 aliphatic heterocycles. The quantitative estimate of drug-likeness (QED) is 0.595. The molecule has 1 amide bonds. The highest BCUT2D eigenvalue weighted by atomic mass is 16.6. The van der Waals surface area contributed by atoms with E-state index in [9.17, 15) is 14.9 Å². The van der Waals surface area contributed by atoms with Crippen LogP contribution >= 0.6 is 0 Å². The summed E-state index contributed by atoms with van der Waals surface area (Å²) in [6.07, 6.45) is 2.05. The van der Waals surface area contributed by atoms with E-state index in [2.05, 4.69) is 10.6 Å². The first-order valence-corrected chi connectivity index (χ1v) is 8.42. The van der Waals surface area contributed by atoms with Gasteiger partial charge in [-0.25, -0.2) is 0 Å². The van der Waals surface area contributed by atoms with Gasteiger partial charge in [-0.05, 0) is 36.5 Å². The molecule has 2 N–H and O–H groups in total. The van der Waals surface area contributed by atoms with E-state index in [4.69, 9.17) is 0 Å². The first-order chi connectivity index (χ1) is 12.0. The molecule has 1 atom stereocenters. The molecule has 6 heteroatoms. The van der Waals surface area contributed by atoms with Crippen LogP contribution in [0.1, 0.15) is 41.6 Å². The highest BCUT2D eigenvalue weighted by Gasteiger charge is 2.25. The van der Waals surface area contributed by atoms with Crippen LogP contribution in [0, 0.1) is 10.1 Å². The number of carbonyl (C=O) groups is 1. The molecule has 3 rings (SSSR count). The first kappa shape index (κ1) is 17.0. The fourth-order valence-electron chi connectivity index (χ4n) is 2.64. The van der Waals surface area contributed by atoms with Crippen LogP contribution in [0.4, 0.5) is 11.4 Å². The van der Waals surface area contributed by atoms with Crippen LogP contribution < -0.4 is 10.6 Å². The SMILES string of the molecule is C[C@@H](CNC(=O)c1ccc(NC2CC2)c([N+](=O)[O-])c1)c1ccccc1. The predicted molar refractivity (Wildman–Crippen MR) is 96.9 cm³/mol. The van der Waals surface area contributed by atoms with Crippen molar-refractivity contribution in [3.05, 3.63) is 69.8 Å². The van der Waals surface area contributed by atoms with E-state index in [1.807, 2.05) is 37.3 Å². The minimum absolute atomic E-state index is 0.0596. The Morgan fingerprint density at radius 2 is 1.96 bits per heavy atom. The molecule has 130 valence electrons. The van der Waals surface area contributed by atoms with E-state index in [1.54, 1.807) is 12.1 Å². The molecule has 0 radical (unpaired) electrons. The topological polar surface area (TPSA) is 84.3 Å². The van der Waals surface area contributed by atoms with Crippen molar-refractivity contribution in [1.82, 2.24) is 5.32 Å².